The van der Waals surface area contributed by atoms with Crippen LogP contribution in [-0.4, -0.2) is 23.7 Å². The Morgan fingerprint density at radius 2 is 1.84 bits per heavy atom. The van der Waals surface area contributed by atoms with Crippen LogP contribution in [0.25, 0.3) is 11.3 Å². The van der Waals surface area contributed by atoms with Crippen molar-refractivity contribution in [2.75, 3.05) is 13.8 Å². The predicted octanol–water partition coefficient (Wildman–Crippen LogP) is 3.84. The van der Waals surface area contributed by atoms with Crippen LogP contribution in [-0.2, 0) is 13.1 Å². The van der Waals surface area contributed by atoms with E-state index in [0.717, 1.165) is 29.2 Å². The van der Waals surface area contributed by atoms with Crippen molar-refractivity contribution < 1.29 is 18.3 Å². The Morgan fingerprint density at radius 3 is 2.68 bits per heavy atom. The zero-order valence-electron chi connectivity index (χ0n) is 13.7. The van der Waals surface area contributed by atoms with Gasteiger partial charge in [0.2, 0.25) is 12.7 Å². The molecule has 2 heterocycles. The van der Waals surface area contributed by atoms with Gasteiger partial charge < -0.3 is 13.9 Å². The highest BCUT2D eigenvalue weighted by atomic mass is 19.1. The number of hydrogen-bond donors (Lipinski definition) is 0. The van der Waals surface area contributed by atoms with E-state index in [4.69, 9.17) is 13.9 Å². The maximum Gasteiger partial charge on any atom is 0.231 e. The molecular weight excluding hydrogens is 323 g/mol. The lowest BCUT2D eigenvalue weighted by atomic mass is 10.2. The van der Waals surface area contributed by atoms with Gasteiger partial charge in [0.1, 0.15) is 5.82 Å². The zero-order valence-corrected chi connectivity index (χ0v) is 13.7. The molecule has 0 spiro atoms. The molecule has 0 radical (unpaired) electrons. The van der Waals surface area contributed by atoms with Crippen molar-refractivity contribution in [3.63, 3.8) is 0 Å². The number of halogens is 1. The summed E-state index contributed by atoms with van der Waals surface area (Å²) in [7, 11) is 1.99. The van der Waals surface area contributed by atoms with Gasteiger partial charge in [0, 0.05) is 12.1 Å². The summed E-state index contributed by atoms with van der Waals surface area (Å²) in [5, 5.41) is 0. The van der Waals surface area contributed by atoms with Crippen LogP contribution >= 0.6 is 0 Å². The molecule has 0 saturated heterocycles. The minimum atomic E-state index is -0.271. The van der Waals surface area contributed by atoms with Crippen LogP contribution in [0, 0.1) is 5.82 Å². The highest BCUT2D eigenvalue weighted by Crippen LogP contribution is 2.32. The van der Waals surface area contributed by atoms with Crippen molar-refractivity contribution in [3.05, 3.63) is 65.9 Å². The van der Waals surface area contributed by atoms with Crippen LogP contribution in [0.3, 0.4) is 0 Å². The first kappa shape index (κ1) is 15.7. The molecule has 5 nitrogen and oxygen atoms in total. The Labute approximate surface area is 144 Å². The molecule has 0 saturated carbocycles. The third-order valence-electron chi connectivity index (χ3n) is 3.98. The van der Waals surface area contributed by atoms with Gasteiger partial charge in [0.15, 0.2) is 17.3 Å². The third-order valence-corrected chi connectivity index (χ3v) is 3.98. The molecule has 4 rings (SSSR count). The van der Waals surface area contributed by atoms with Crippen LogP contribution in [0.15, 0.2) is 53.1 Å². The maximum atomic E-state index is 13.0. The number of fused-ring (bicyclic) bond motifs is 1. The molecule has 0 bridgehead atoms. The summed E-state index contributed by atoms with van der Waals surface area (Å²) in [6.45, 7) is 1.57. The second-order valence-corrected chi connectivity index (χ2v) is 5.99. The number of aromatic nitrogens is 1. The van der Waals surface area contributed by atoms with Crippen LogP contribution in [0.1, 0.15) is 11.5 Å². The summed E-state index contributed by atoms with van der Waals surface area (Å²) < 4.78 is 29.5. The van der Waals surface area contributed by atoms with Gasteiger partial charge in [-0.2, -0.15) is 0 Å². The van der Waals surface area contributed by atoms with Gasteiger partial charge in [0.25, 0.3) is 0 Å². The largest absolute Gasteiger partial charge is 0.454 e. The minimum Gasteiger partial charge on any atom is -0.454 e. The fourth-order valence-electron chi connectivity index (χ4n) is 2.77. The lowest BCUT2D eigenvalue weighted by Crippen LogP contribution is -2.17. The van der Waals surface area contributed by atoms with Gasteiger partial charge in [-0.25, -0.2) is 9.37 Å². The molecule has 2 aromatic carbocycles. The molecule has 1 aromatic heterocycles. The average molecular weight is 340 g/mol. The first-order valence-electron chi connectivity index (χ1n) is 7.95. The van der Waals surface area contributed by atoms with E-state index in [1.165, 1.54) is 12.1 Å². The monoisotopic (exact) mass is 340 g/mol. The Kier molecular flexibility index (Phi) is 4.11. The zero-order chi connectivity index (χ0) is 17.2. The molecule has 6 heteroatoms. The summed E-state index contributed by atoms with van der Waals surface area (Å²) in [4.78, 5) is 6.40. The van der Waals surface area contributed by atoms with Crippen molar-refractivity contribution >= 4 is 0 Å². The fourth-order valence-corrected chi connectivity index (χ4v) is 2.77. The maximum absolute atomic E-state index is 13.0. The molecule has 128 valence electrons. The third kappa shape index (κ3) is 3.49. The van der Waals surface area contributed by atoms with E-state index >= 15 is 0 Å². The number of nitrogens with zero attached hydrogens (tertiary/aromatic N) is 2. The van der Waals surface area contributed by atoms with Gasteiger partial charge in [-0.15, -0.1) is 0 Å². The summed E-state index contributed by atoms with van der Waals surface area (Å²) >= 11 is 0. The van der Waals surface area contributed by atoms with Gasteiger partial charge in [-0.05, 0) is 49.0 Å². The number of ether oxygens (including phenoxy) is 2. The molecule has 0 fully saturated rings. The SMILES string of the molecule is CN(Cc1ccc2c(c1)OCO2)Cc1ncc(-c2ccc(F)cc2)o1. The lowest BCUT2D eigenvalue weighted by Gasteiger charge is -2.14. The molecule has 0 N–H and O–H groups in total. The summed E-state index contributed by atoms with van der Waals surface area (Å²) in [5.41, 5.74) is 1.93. The predicted molar refractivity (Wildman–Crippen MR) is 89.6 cm³/mol. The first-order chi connectivity index (χ1) is 12.2. The molecule has 1 aliphatic rings. The Hall–Kier alpha value is -2.86. The summed E-state index contributed by atoms with van der Waals surface area (Å²) in [6.07, 6.45) is 1.66. The van der Waals surface area contributed by atoms with Gasteiger partial charge in [0.05, 0.1) is 12.7 Å². The van der Waals surface area contributed by atoms with E-state index in [1.54, 1.807) is 18.3 Å². The van der Waals surface area contributed by atoms with Crippen LogP contribution in [0.5, 0.6) is 11.5 Å². The number of hydrogen-bond acceptors (Lipinski definition) is 5. The molecule has 0 aliphatic carbocycles. The first-order valence-corrected chi connectivity index (χ1v) is 7.95. The quantitative estimate of drug-likeness (QED) is 0.706. The molecule has 0 atom stereocenters. The van der Waals surface area contributed by atoms with Crippen molar-refractivity contribution in [3.8, 4) is 22.8 Å². The smallest absolute Gasteiger partial charge is 0.231 e. The number of benzene rings is 2. The van der Waals surface area contributed by atoms with Crippen LogP contribution < -0.4 is 9.47 Å². The molecule has 0 amide bonds. The van der Waals surface area contributed by atoms with Gasteiger partial charge >= 0.3 is 0 Å². The number of rotatable bonds is 5. The molecule has 1 aliphatic heterocycles. The average Bonchev–Trinajstić information content (AvgIpc) is 3.24. The fraction of sp³-hybridized carbons (Fsp3) is 0.211. The molecular formula is C19H17FN2O3. The normalized spacial score (nSPS) is 12.8. The Bertz CT molecular complexity index is 877. The second-order valence-electron chi connectivity index (χ2n) is 5.99. The van der Waals surface area contributed by atoms with Crippen molar-refractivity contribution in [2.45, 2.75) is 13.1 Å². The standard InChI is InChI=1S/C19H17FN2O3/c1-22(10-13-2-7-16-17(8-13)24-12-23-16)11-19-21-9-18(25-19)14-3-5-15(20)6-4-14/h2-9H,10-12H2,1H3. The lowest BCUT2D eigenvalue weighted by molar-refractivity contribution is 0.174. The van der Waals surface area contributed by atoms with Crippen molar-refractivity contribution in [1.82, 2.24) is 9.88 Å². The van der Waals surface area contributed by atoms with E-state index in [9.17, 15) is 4.39 Å². The highest BCUT2D eigenvalue weighted by Gasteiger charge is 2.15. The molecule has 25 heavy (non-hydrogen) atoms. The van der Waals surface area contributed by atoms with Crippen LogP contribution in [0.4, 0.5) is 4.39 Å². The number of oxazole rings is 1. The van der Waals surface area contributed by atoms with E-state index in [1.807, 2.05) is 25.2 Å². The Balaban J connectivity index is 1.41. The summed E-state index contributed by atoms with van der Waals surface area (Å²) in [5.74, 6) is 2.53. The minimum absolute atomic E-state index is 0.271. The highest BCUT2D eigenvalue weighted by molar-refractivity contribution is 5.55. The Morgan fingerprint density at radius 1 is 1.04 bits per heavy atom. The topological polar surface area (TPSA) is 47.7 Å². The van der Waals surface area contributed by atoms with Crippen molar-refractivity contribution in [2.24, 2.45) is 0 Å². The van der Waals surface area contributed by atoms with Gasteiger partial charge in [-0.3, -0.25) is 4.90 Å². The van der Waals surface area contributed by atoms with Gasteiger partial charge in [-0.1, -0.05) is 6.07 Å². The van der Waals surface area contributed by atoms with E-state index in [2.05, 4.69) is 9.88 Å². The second kappa shape index (κ2) is 6.57. The van der Waals surface area contributed by atoms with E-state index in [-0.39, 0.29) is 12.6 Å². The van der Waals surface area contributed by atoms with E-state index < -0.39 is 0 Å². The van der Waals surface area contributed by atoms with E-state index in [0.29, 0.717) is 18.2 Å². The summed E-state index contributed by atoms with van der Waals surface area (Å²) in [6, 6.07) is 12.1. The van der Waals surface area contributed by atoms with Crippen molar-refractivity contribution in [1.29, 1.82) is 0 Å². The molecule has 3 aromatic rings. The van der Waals surface area contributed by atoms with Crippen LogP contribution in [0.2, 0.25) is 0 Å². The molecule has 0 unspecified atom stereocenters.